The minimum atomic E-state index is -0.226. The molecule has 0 saturated heterocycles. The molecule has 2 rings (SSSR count). The Hall–Kier alpha value is -1.56. The van der Waals surface area contributed by atoms with Crippen molar-refractivity contribution in [2.75, 3.05) is 25.5 Å². The summed E-state index contributed by atoms with van der Waals surface area (Å²) in [4.78, 5) is 11.8. The first-order valence-electron chi connectivity index (χ1n) is 6.91. The second-order valence-corrected chi connectivity index (χ2v) is 4.95. The fourth-order valence-corrected chi connectivity index (χ4v) is 1.82. The van der Waals surface area contributed by atoms with Gasteiger partial charge in [0, 0.05) is 19.8 Å². The highest BCUT2D eigenvalue weighted by molar-refractivity contribution is 5.97. The van der Waals surface area contributed by atoms with Crippen LogP contribution in [0.25, 0.3) is 0 Å². The number of nitrogens with zero attached hydrogens (tertiary/aromatic N) is 1. The van der Waals surface area contributed by atoms with Gasteiger partial charge in [-0.25, -0.2) is 0 Å². The van der Waals surface area contributed by atoms with Gasteiger partial charge in [0.15, 0.2) is 5.69 Å². The fourth-order valence-electron chi connectivity index (χ4n) is 1.82. The number of nitrogens with one attached hydrogen (secondary N) is 2. The lowest BCUT2D eigenvalue weighted by Crippen LogP contribution is -2.26. The summed E-state index contributed by atoms with van der Waals surface area (Å²) in [5, 5.41) is 9.51. The van der Waals surface area contributed by atoms with Crippen molar-refractivity contribution in [3.05, 3.63) is 11.4 Å². The highest BCUT2D eigenvalue weighted by Crippen LogP contribution is 2.28. The number of aromatic nitrogens is 2. The van der Waals surface area contributed by atoms with Gasteiger partial charge in [0.2, 0.25) is 0 Å². The van der Waals surface area contributed by atoms with Crippen molar-refractivity contribution in [3.8, 4) is 0 Å². The van der Waals surface area contributed by atoms with E-state index in [9.17, 15) is 4.79 Å². The van der Waals surface area contributed by atoms with E-state index in [1.165, 1.54) is 12.8 Å². The van der Waals surface area contributed by atoms with Gasteiger partial charge in [-0.05, 0) is 31.6 Å². The molecule has 0 radical (unpaired) electrons. The minimum Gasteiger partial charge on any atom is -0.395 e. The van der Waals surface area contributed by atoms with Gasteiger partial charge >= 0.3 is 0 Å². The molecule has 0 atom stereocenters. The van der Waals surface area contributed by atoms with Crippen LogP contribution in [0.4, 0.5) is 5.69 Å². The monoisotopic (exact) mass is 266 g/mol. The molecular formula is C13H22N4O2. The van der Waals surface area contributed by atoms with Crippen molar-refractivity contribution in [3.63, 3.8) is 0 Å². The van der Waals surface area contributed by atoms with Crippen molar-refractivity contribution in [1.82, 2.24) is 15.5 Å². The molecule has 1 saturated carbocycles. The van der Waals surface area contributed by atoms with Gasteiger partial charge < -0.3 is 15.8 Å². The minimum absolute atomic E-state index is 0.226. The topological polar surface area (TPSA) is 93.0 Å². The van der Waals surface area contributed by atoms with E-state index < -0.39 is 0 Å². The molecule has 1 fully saturated rings. The van der Waals surface area contributed by atoms with E-state index in [0.717, 1.165) is 31.1 Å². The number of amides is 1. The van der Waals surface area contributed by atoms with Crippen LogP contribution in [0.2, 0.25) is 0 Å². The highest BCUT2D eigenvalue weighted by Gasteiger charge is 2.21. The number of carbonyl (C=O) groups excluding carboxylic acids is 1. The van der Waals surface area contributed by atoms with E-state index in [4.69, 9.17) is 10.5 Å². The number of ether oxygens (including phenoxy) is 1. The van der Waals surface area contributed by atoms with Gasteiger partial charge in [0.05, 0.1) is 11.4 Å². The number of carbonyl (C=O) groups is 1. The highest BCUT2D eigenvalue weighted by atomic mass is 16.5. The van der Waals surface area contributed by atoms with Crippen LogP contribution in [0.5, 0.6) is 0 Å². The summed E-state index contributed by atoms with van der Waals surface area (Å²) < 4.78 is 5.49. The number of H-pyrrole nitrogens is 1. The van der Waals surface area contributed by atoms with Crippen LogP contribution < -0.4 is 11.1 Å². The summed E-state index contributed by atoms with van der Waals surface area (Å²) in [6, 6.07) is 0. The Balaban J connectivity index is 1.64. The number of aromatic amines is 1. The summed E-state index contributed by atoms with van der Waals surface area (Å²) in [6.45, 7) is 4.09. The molecule has 6 nitrogen and oxygen atoms in total. The molecule has 1 aliphatic rings. The van der Waals surface area contributed by atoms with Crippen molar-refractivity contribution in [2.45, 2.75) is 32.6 Å². The molecule has 6 heteroatoms. The maximum absolute atomic E-state index is 11.8. The average Bonchev–Trinajstić information content (AvgIpc) is 3.15. The average molecular weight is 266 g/mol. The normalized spacial score (nSPS) is 14.6. The van der Waals surface area contributed by atoms with Gasteiger partial charge in [0.1, 0.15) is 0 Å². The predicted octanol–water partition coefficient (Wildman–Crippen LogP) is 1.10. The third kappa shape index (κ3) is 3.96. The largest absolute Gasteiger partial charge is 0.395 e. The Kier molecular flexibility index (Phi) is 4.79. The van der Waals surface area contributed by atoms with Gasteiger partial charge in [-0.3, -0.25) is 9.89 Å². The summed E-state index contributed by atoms with van der Waals surface area (Å²) in [6.07, 6.45) is 4.15. The first-order chi connectivity index (χ1) is 9.22. The van der Waals surface area contributed by atoms with Gasteiger partial charge in [-0.2, -0.15) is 5.10 Å². The van der Waals surface area contributed by atoms with E-state index in [2.05, 4.69) is 15.5 Å². The Labute approximate surface area is 113 Å². The van der Waals surface area contributed by atoms with Crippen LogP contribution in [0.3, 0.4) is 0 Å². The molecule has 1 amide bonds. The fraction of sp³-hybridized carbons (Fsp3) is 0.692. The summed E-state index contributed by atoms with van der Waals surface area (Å²) in [5.41, 5.74) is 7.37. The molecule has 0 unspecified atom stereocenters. The molecular weight excluding hydrogens is 244 g/mol. The number of hydrogen-bond acceptors (Lipinski definition) is 4. The molecule has 0 spiro atoms. The van der Waals surface area contributed by atoms with Crippen molar-refractivity contribution < 1.29 is 9.53 Å². The maximum Gasteiger partial charge on any atom is 0.273 e. The number of anilines is 1. The lowest BCUT2D eigenvalue weighted by Gasteiger charge is -2.05. The van der Waals surface area contributed by atoms with E-state index >= 15 is 0 Å². The molecule has 19 heavy (non-hydrogen) atoms. The van der Waals surface area contributed by atoms with Crippen molar-refractivity contribution in [2.24, 2.45) is 5.92 Å². The predicted molar refractivity (Wildman–Crippen MR) is 72.9 cm³/mol. The molecule has 1 aliphatic carbocycles. The Bertz CT molecular complexity index is 426. The summed E-state index contributed by atoms with van der Waals surface area (Å²) in [7, 11) is 0. The van der Waals surface area contributed by atoms with Crippen LogP contribution in [0, 0.1) is 5.92 Å². The van der Waals surface area contributed by atoms with E-state index in [1.54, 1.807) is 0 Å². The Morgan fingerprint density at radius 2 is 2.37 bits per heavy atom. The Morgan fingerprint density at radius 3 is 3.00 bits per heavy atom. The standard InChI is InChI=1S/C13H22N4O2/c1-2-10-11(14)12(17-16-10)13(18)15-6-3-7-19-8-9-4-5-9/h9H,2-8,14H2,1H3,(H,15,18)(H,16,17). The first-order valence-corrected chi connectivity index (χ1v) is 6.91. The molecule has 4 N–H and O–H groups in total. The SMILES string of the molecule is CCc1[nH]nc(C(=O)NCCCOCC2CC2)c1N. The first kappa shape index (κ1) is 13.9. The van der Waals surface area contributed by atoms with E-state index in [-0.39, 0.29) is 11.6 Å². The van der Waals surface area contributed by atoms with Gasteiger partial charge in [-0.1, -0.05) is 6.92 Å². The zero-order chi connectivity index (χ0) is 13.7. The van der Waals surface area contributed by atoms with Crippen LogP contribution >= 0.6 is 0 Å². The third-order valence-corrected chi connectivity index (χ3v) is 3.25. The van der Waals surface area contributed by atoms with Crippen molar-refractivity contribution in [1.29, 1.82) is 0 Å². The maximum atomic E-state index is 11.8. The number of aryl methyl sites for hydroxylation is 1. The van der Waals surface area contributed by atoms with Crippen LogP contribution in [0.15, 0.2) is 0 Å². The molecule has 1 aromatic rings. The summed E-state index contributed by atoms with van der Waals surface area (Å²) in [5.74, 6) is 0.557. The lowest BCUT2D eigenvalue weighted by molar-refractivity contribution is 0.0933. The van der Waals surface area contributed by atoms with Crippen LogP contribution in [-0.4, -0.2) is 35.9 Å². The molecule has 1 aromatic heterocycles. The summed E-state index contributed by atoms with van der Waals surface area (Å²) >= 11 is 0. The lowest BCUT2D eigenvalue weighted by atomic mass is 10.2. The quantitative estimate of drug-likeness (QED) is 0.614. The van der Waals surface area contributed by atoms with Gasteiger partial charge in [0.25, 0.3) is 5.91 Å². The molecule has 106 valence electrons. The van der Waals surface area contributed by atoms with Crippen molar-refractivity contribution >= 4 is 11.6 Å². The molecule has 0 bridgehead atoms. The number of nitrogen functional groups attached to an aromatic ring is 1. The zero-order valence-electron chi connectivity index (χ0n) is 11.4. The Morgan fingerprint density at radius 1 is 1.58 bits per heavy atom. The second kappa shape index (κ2) is 6.56. The van der Waals surface area contributed by atoms with Crippen LogP contribution in [-0.2, 0) is 11.2 Å². The van der Waals surface area contributed by atoms with Gasteiger partial charge in [-0.15, -0.1) is 0 Å². The number of hydrogen-bond donors (Lipinski definition) is 3. The third-order valence-electron chi connectivity index (χ3n) is 3.25. The van der Waals surface area contributed by atoms with Crippen LogP contribution in [0.1, 0.15) is 42.4 Å². The number of nitrogens with two attached hydrogens (primary N) is 1. The second-order valence-electron chi connectivity index (χ2n) is 4.95. The molecule has 0 aliphatic heterocycles. The smallest absolute Gasteiger partial charge is 0.273 e. The van der Waals surface area contributed by atoms with E-state index in [1.807, 2.05) is 6.92 Å². The molecule has 1 heterocycles. The number of rotatable bonds is 8. The van der Waals surface area contributed by atoms with E-state index in [0.29, 0.717) is 18.8 Å². The zero-order valence-corrected chi connectivity index (χ0v) is 11.4. The molecule has 0 aromatic carbocycles.